The third kappa shape index (κ3) is 1.58. The standard InChI is InChI=1S/C12H16/c1-5-11-10(4)7-6-8-12(11)9(2)3/h5-8H,1-4H3. The summed E-state index contributed by atoms with van der Waals surface area (Å²) in [5, 5.41) is 2.75. The van der Waals surface area contributed by atoms with Crippen LogP contribution in [-0.2, 0) is 0 Å². The maximum absolute atomic E-state index is 2.18. The third-order valence-electron chi connectivity index (χ3n) is 2.15. The molecule has 0 nitrogen and oxygen atoms in total. The first-order valence-electron chi connectivity index (χ1n) is 4.36. The summed E-state index contributed by atoms with van der Waals surface area (Å²) < 4.78 is 0. The van der Waals surface area contributed by atoms with Crippen molar-refractivity contribution in [3.63, 3.8) is 0 Å². The van der Waals surface area contributed by atoms with E-state index in [9.17, 15) is 0 Å². The molecule has 0 saturated carbocycles. The highest BCUT2D eigenvalue weighted by molar-refractivity contribution is 5.42. The van der Waals surface area contributed by atoms with Crippen molar-refractivity contribution in [1.82, 2.24) is 0 Å². The Morgan fingerprint density at radius 2 is 1.92 bits per heavy atom. The van der Waals surface area contributed by atoms with E-state index >= 15 is 0 Å². The van der Waals surface area contributed by atoms with Gasteiger partial charge in [0.2, 0.25) is 0 Å². The molecule has 1 rings (SSSR count). The van der Waals surface area contributed by atoms with E-state index in [1.54, 1.807) is 0 Å². The topological polar surface area (TPSA) is 0 Å². The largest absolute Gasteiger partial charge is 0.0795 e. The molecule has 0 atom stereocenters. The van der Waals surface area contributed by atoms with Crippen molar-refractivity contribution in [3.8, 4) is 0 Å². The highest BCUT2D eigenvalue weighted by atomic mass is 13.9. The van der Waals surface area contributed by atoms with Gasteiger partial charge < -0.3 is 0 Å². The van der Waals surface area contributed by atoms with Crippen molar-refractivity contribution in [2.45, 2.75) is 27.7 Å². The maximum atomic E-state index is 2.18. The van der Waals surface area contributed by atoms with Crippen LogP contribution in [0, 0.1) is 6.92 Å². The van der Waals surface area contributed by atoms with Crippen molar-refractivity contribution in [1.29, 1.82) is 0 Å². The Hall–Kier alpha value is -1.04. The van der Waals surface area contributed by atoms with Gasteiger partial charge in [-0.25, -0.2) is 0 Å². The molecule has 0 heteroatoms. The van der Waals surface area contributed by atoms with Crippen LogP contribution >= 0.6 is 0 Å². The van der Waals surface area contributed by atoms with Crippen LogP contribution < -0.4 is 10.4 Å². The van der Waals surface area contributed by atoms with Crippen molar-refractivity contribution in [2.24, 2.45) is 0 Å². The Balaban J connectivity index is 3.75. The molecule has 0 heterocycles. The fraction of sp³-hybridized carbons (Fsp3) is 0.333. The molecule has 0 aliphatic carbocycles. The van der Waals surface area contributed by atoms with Gasteiger partial charge in [0.05, 0.1) is 0 Å². The molecule has 0 amide bonds. The summed E-state index contributed by atoms with van der Waals surface area (Å²) in [6, 6.07) is 6.45. The van der Waals surface area contributed by atoms with Gasteiger partial charge in [-0.05, 0) is 43.7 Å². The highest BCUT2D eigenvalue weighted by Gasteiger charge is 1.89. The Kier molecular flexibility index (Phi) is 2.69. The van der Waals surface area contributed by atoms with Crippen LogP contribution in [-0.4, -0.2) is 0 Å². The Morgan fingerprint density at radius 1 is 1.25 bits per heavy atom. The second-order valence-corrected chi connectivity index (χ2v) is 3.32. The Labute approximate surface area is 74.2 Å². The van der Waals surface area contributed by atoms with Gasteiger partial charge in [-0.2, -0.15) is 0 Å². The van der Waals surface area contributed by atoms with Crippen molar-refractivity contribution in [2.75, 3.05) is 0 Å². The molecule has 0 spiro atoms. The lowest BCUT2D eigenvalue weighted by Crippen LogP contribution is -2.27. The van der Waals surface area contributed by atoms with Gasteiger partial charge in [0.15, 0.2) is 0 Å². The number of benzene rings is 1. The minimum absolute atomic E-state index is 1.36. The number of aryl methyl sites for hydroxylation is 1. The quantitative estimate of drug-likeness (QED) is 0.544. The van der Waals surface area contributed by atoms with Crippen LogP contribution in [0.25, 0.3) is 11.6 Å². The van der Waals surface area contributed by atoms with Crippen LogP contribution in [0.2, 0.25) is 0 Å². The summed E-state index contributed by atoms with van der Waals surface area (Å²) in [6.07, 6.45) is 2.18. The summed E-state index contributed by atoms with van der Waals surface area (Å²) in [4.78, 5) is 0. The van der Waals surface area contributed by atoms with Gasteiger partial charge in [-0.3, -0.25) is 0 Å². The lowest BCUT2D eigenvalue weighted by molar-refractivity contribution is 1.34. The average Bonchev–Trinajstić information content (AvgIpc) is 2.03. The SMILES string of the molecule is CC=c1c(C)cccc1=C(C)C. The van der Waals surface area contributed by atoms with E-state index in [-0.39, 0.29) is 0 Å². The van der Waals surface area contributed by atoms with Crippen LogP contribution in [0.1, 0.15) is 26.3 Å². The lowest BCUT2D eigenvalue weighted by Gasteiger charge is -1.97. The lowest BCUT2D eigenvalue weighted by atomic mass is 10.1. The van der Waals surface area contributed by atoms with E-state index in [0.717, 1.165) is 0 Å². The van der Waals surface area contributed by atoms with Gasteiger partial charge in [0.25, 0.3) is 0 Å². The molecule has 0 fully saturated rings. The summed E-state index contributed by atoms with van der Waals surface area (Å²) in [5.41, 5.74) is 2.74. The van der Waals surface area contributed by atoms with E-state index in [4.69, 9.17) is 0 Å². The van der Waals surface area contributed by atoms with Gasteiger partial charge in [0.1, 0.15) is 0 Å². The summed E-state index contributed by atoms with van der Waals surface area (Å²) >= 11 is 0. The normalized spacial score (nSPS) is 11.8. The van der Waals surface area contributed by atoms with E-state index < -0.39 is 0 Å². The smallest absolute Gasteiger partial charge is 0.0198 e. The van der Waals surface area contributed by atoms with Gasteiger partial charge in [-0.15, -0.1) is 0 Å². The maximum Gasteiger partial charge on any atom is -0.0198 e. The molecule has 64 valence electrons. The van der Waals surface area contributed by atoms with E-state index in [1.165, 1.54) is 21.6 Å². The van der Waals surface area contributed by atoms with Gasteiger partial charge >= 0.3 is 0 Å². The molecule has 0 saturated heterocycles. The average molecular weight is 160 g/mol. The molecule has 0 N–H and O–H groups in total. The van der Waals surface area contributed by atoms with E-state index in [0.29, 0.717) is 0 Å². The number of hydrogen-bond acceptors (Lipinski definition) is 0. The third-order valence-corrected chi connectivity index (χ3v) is 2.15. The molecule has 0 aliphatic heterocycles. The zero-order valence-corrected chi connectivity index (χ0v) is 8.31. The van der Waals surface area contributed by atoms with Crippen molar-refractivity contribution in [3.05, 3.63) is 34.2 Å². The van der Waals surface area contributed by atoms with Crippen molar-refractivity contribution < 1.29 is 0 Å². The summed E-state index contributed by atoms with van der Waals surface area (Å²) in [6.45, 7) is 8.56. The van der Waals surface area contributed by atoms with Crippen molar-refractivity contribution >= 4 is 11.6 Å². The molecule has 12 heavy (non-hydrogen) atoms. The predicted molar refractivity (Wildman–Crippen MR) is 55.3 cm³/mol. The first kappa shape index (κ1) is 9.05. The molecule has 0 aromatic heterocycles. The molecule has 1 aromatic carbocycles. The molecular weight excluding hydrogens is 144 g/mol. The van der Waals surface area contributed by atoms with E-state index in [1.807, 2.05) is 0 Å². The molecule has 0 bridgehead atoms. The van der Waals surface area contributed by atoms with Crippen LogP contribution in [0.15, 0.2) is 18.2 Å². The summed E-state index contributed by atoms with van der Waals surface area (Å²) in [7, 11) is 0. The Bertz CT molecular complexity index is 379. The minimum Gasteiger partial charge on any atom is -0.0795 e. The summed E-state index contributed by atoms with van der Waals surface area (Å²) in [5.74, 6) is 0. The van der Waals surface area contributed by atoms with Gasteiger partial charge in [0, 0.05) is 0 Å². The zero-order valence-electron chi connectivity index (χ0n) is 8.31. The molecule has 0 aliphatic rings. The first-order valence-corrected chi connectivity index (χ1v) is 4.36. The second-order valence-electron chi connectivity index (χ2n) is 3.32. The van der Waals surface area contributed by atoms with Crippen LogP contribution in [0.5, 0.6) is 0 Å². The van der Waals surface area contributed by atoms with E-state index in [2.05, 4.69) is 52.0 Å². The number of rotatable bonds is 0. The molecule has 0 unspecified atom stereocenters. The van der Waals surface area contributed by atoms with Crippen LogP contribution in [0.3, 0.4) is 0 Å². The molecule has 1 aromatic rings. The monoisotopic (exact) mass is 160 g/mol. The fourth-order valence-corrected chi connectivity index (χ4v) is 1.50. The molecular formula is C12H16. The predicted octanol–water partition coefficient (Wildman–Crippen LogP) is 1.99. The first-order chi connectivity index (χ1) is 5.66. The molecule has 0 radical (unpaired) electrons. The highest BCUT2D eigenvalue weighted by Crippen LogP contribution is 1.87. The van der Waals surface area contributed by atoms with Gasteiger partial charge in [-0.1, -0.05) is 29.8 Å². The second kappa shape index (κ2) is 3.57. The minimum atomic E-state index is 1.36. The van der Waals surface area contributed by atoms with Crippen LogP contribution in [0.4, 0.5) is 0 Å². The fourth-order valence-electron chi connectivity index (χ4n) is 1.50. The zero-order chi connectivity index (χ0) is 9.14. The Morgan fingerprint density at radius 3 is 2.33 bits per heavy atom. The number of hydrogen-bond donors (Lipinski definition) is 0.